The minimum absolute atomic E-state index is 0.0930. The maximum Gasteiger partial charge on any atom is 0.254 e. The Morgan fingerprint density at radius 1 is 1.10 bits per heavy atom. The van der Waals surface area contributed by atoms with E-state index >= 15 is 0 Å². The second-order valence-electron chi connectivity index (χ2n) is 4.58. The van der Waals surface area contributed by atoms with Gasteiger partial charge in [-0.3, -0.25) is 4.79 Å². The summed E-state index contributed by atoms with van der Waals surface area (Å²) in [5.74, 6) is -4.96. The number of carbonyl (C=O) groups excluding carboxylic acids is 1. The highest BCUT2D eigenvalue weighted by Gasteiger charge is 2.18. The zero-order chi connectivity index (χ0) is 15.6. The van der Waals surface area contributed by atoms with Crippen LogP contribution in [0, 0.1) is 17.5 Å². The van der Waals surface area contributed by atoms with Gasteiger partial charge >= 0.3 is 0 Å². The first kappa shape index (κ1) is 14.9. The Balaban J connectivity index is 2.17. The van der Waals surface area contributed by atoms with E-state index in [-0.39, 0.29) is 17.9 Å². The molecule has 0 aliphatic rings. The van der Waals surface area contributed by atoms with E-state index in [0.29, 0.717) is 12.1 Å². The van der Waals surface area contributed by atoms with E-state index in [9.17, 15) is 18.0 Å². The van der Waals surface area contributed by atoms with Crippen LogP contribution in [0.15, 0.2) is 36.4 Å². The number of hydrogen-bond acceptors (Lipinski definition) is 2. The van der Waals surface area contributed by atoms with Crippen LogP contribution in [0.4, 0.5) is 13.2 Å². The number of hydrogen-bond donors (Lipinski definition) is 1. The first-order chi connectivity index (χ1) is 9.88. The van der Waals surface area contributed by atoms with E-state index in [4.69, 9.17) is 5.11 Å². The Hall–Kier alpha value is -2.50. The molecule has 0 unspecified atom stereocenters. The smallest absolute Gasteiger partial charge is 0.254 e. The van der Waals surface area contributed by atoms with Crippen molar-refractivity contribution in [2.75, 3.05) is 7.05 Å². The largest absolute Gasteiger partial charge is 0.508 e. The van der Waals surface area contributed by atoms with Gasteiger partial charge in [0.15, 0.2) is 17.5 Å². The molecule has 0 aliphatic carbocycles. The quantitative estimate of drug-likeness (QED) is 0.884. The van der Waals surface area contributed by atoms with Gasteiger partial charge in [-0.1, -0.05) is 12.1 Å². The SMILES string of the molecule is CN(Cc1ccc(O)cc1)C(=O)c1cc(F)c(F)c(F)c1. The Kier molecular flexibility index (Phi) is 4.16. The fourth-order valence-corrected chi connectivity index (χ4v) is 1.85. The predicted molar refractivity (Wildman–Crippen MR) is 70.2 cm³/mol. The molecule has 0 saturated heterocycles. The van der Waals surface area contributed by atoms with Gasteiger partial charge in [-0.05, 0) is 29.8 Å². The number of aromatic hydroxyl groups is 1. The summed E-state index contributed by atoms with van der Waals surface area (Å²) < 4.78 is 39.1. The predicted octanol–water partition coefficient (Wildman–Crippen LogP) is 3.08. The van der Waals surface area contributed by atoms with Gasteiger partial charge in [0.2, 0.25) is 0 Å². The molecule has 2 aromatic rings. The average molecular weight is 295 g/mol. The van der Waals surface area contributed by atoms with Crippen molar-refractivity contribution in [1.82, 2.24) is 4.90 Å². The molecule has 0 atom stereocenters. The van der Waals surface area contributed by atoms with Gasteiger partial charge in [0, 0.05) is 19.2 Å². The molecule has 0 spiro atoms. The molecule has 1 N–H and O–H groups in total. The first-order valence-electron chi connectivity index (χ1n) is 6.06. The van der Waals surface area contributed by atoms with Crippen molar-refractivity contribution in [2.45, 2.75) is 6.54 Å². The molecule has 3 nitrogen and oxygen atoms in total. The lowest BCUT2D eigenvalue weighted by molar-refractivity contribution is 0.0784. The van der Waals surface area contributed by atoms with Gasteiger partial charge in [0.1, 0.15) is 5.75 Å². The number of halogens is 3. The van der Waals surface area contributed by atoms with Crippen molar-refractivity contribution in [3.63, 3.8) is 0 Å². The summed E-state index contributed by atoms with van der Waals surface area (Å²) in [5.41, 5.74) is 0.458. The van der Waals surface area contributed by atoms with Crippen molar-refractivity contribution in [3.8, 4) is 5.75 Å². The molecule has 0 saturated carbocycles. The van der Waals surface area contributed by atoms with E-state index in [1.165, 1.54) is 24.1 Å². The lowest BCUT2D eigenvalue weighted by Crippen LogP contribution is -2.26. The van der Waals surface area contributed by atoms with Crippen molar-refractivity contribution < 1.29 is 23.1 Å². The Morgan fingerprint density at radius 3 is 2.14 bits per heavy atom. The van der Waals surface area contributed by atoms with E-state index in [0.717, 1.165) is 5.56 Å². The van der Waals surface area contributed by atoms with E-state index in [1.807, 2.05) is 0 Å². The molecular formula is C15H12F3NO2. The van der Waals surface area contributed by atoms with E-state index < -0.39 is 23.4 Å². The van der Waals surface area contributed by atoms with Crippen molar-refractivity contribution in [2.24, 2.45) is 0 Å². The number of benzene rings is 2. The minimum atomic E-state index is -1.60. The van der Waals surface area contributed by atoms with Gasteiger partial charge in [-0.25, -0.2) is 13.2 Å². The summed E-state index contributed by atoms with van der Waals surface area (Å²) >= 11 is 0. The molecule has 0 aromatic heterocycles. The Bertz CT molecular complexity index is 648. The van der Waals surface area contributed by atoms with Crippen molar-refractivity contribution in [3.05, 3.63) is 65.0 Å². The fourth-order valence-electron chi connectivity index (χ4n) is 1.85. The maximum atomic E-state index is 13.1. The minimum Gasteiger partial charge on any atom is -0.508 e. The van der Waals surface area contributed by atoms with Gasteiger partial charge in [0.05, 0.1) is 0 Å². The molecule has 1 amide bonds. The lowest BCUT2D eigenvalue weighted by atomic mass is 10.1. The number of amides is 1. The van der Waals surface area contributed by atoms with Crippen LogP contribution in [0.1, 0.15) is 15.9 Å². The van der Waals surface area contributed by atoms with E-state index in [2.05, 4.69) is 0 Å². The van der Waals surface area contributed by atoms with Gasteiger partial charge in [0.25, 0.3) is 5.91 Å². The Labute approximate surface area is 119 Å². The third-order valence-electron chi connectivity index (χ3n) is 2.93. The summed E-state index contributed by atoms with van der Waals surface area (Å²) in [7, 11) is 1.45. The number of carbonyl (C=O) groups is 1. The van der Waals surface area contributed by atoms with Gasteiger partial charge < -0.3 is 10.0 Å². The zero-order valence-corrected chi connectivity index (χ0v) is 11.1. The maximum absolute atomic E-state index is 13.1. The second-order valence-corrected chi connectivity index (χ2v) is 4.58. The summed E-state index contributed by atoms with van der Waals surface area (Å²) in [6, 6.07) is 7.48. The monoisotopic (exact) mass is 295 g/mol. The summed E-state index contributed by atoms with van der Waals surface area (Å²) in [4.78, 5) is 13.3. The molecule has 21 heavy (non-hydrogen) atoms. The van der Waals surface area contributed by atoms with E-state index in [1.54, 1.807) is 12.1 Å². The van der Waals surface area contributed by atoms with Crippen LogP contribution in [-0.4, -0.2) is 23.0 Å². The molecule has 2 aromatic carbocycles. The summed E-state index contributed by atoms with van der Waals surface area (Å²) in [5, 5.41) is 9.17. The number of phenols is 1. The van der Waals surface area contributed by atoms with Crippen LogP contribution in [0.3, 0.4) is 0 Å². The first-order valence-corrected chi connectivity index (χ1v) is 6.06. The van der Waals surface area contributed by atoms with Gasteiger partial charge in [-0.15, -0.1) is 0 Å². The molecular weight excluding hydrogens is 283 g/mol. The van der Waals surface area contributed by atoms with Crippen molar-refractivity contribution >= 4 is 5.91 Å². The Morgan fingerprint density at radius 2 is 1.62 bits per heavy atom. The third kappa shape index (κ3) is 3.34. The normalized spacial score (nSPS) is 10.5. The average Bonchev–Trinajstić information content (AvgIpc) is 2.45. The standard InChI is InChI=1S/C15H12F3NO2/c1-19(8-9-2-4-11(20)5-3-9)15(21)10-6-12(16)14(18)13(17)7-10/h2-7,20H,8H2,1H3. The number of rotatable bonds is 3. The molecule has 110 valence electrons. The van der Waals surface area contributed by atoms with Crippen molar-refractivity contribution in [1.29, 1.82) is 0 Å². The molecule has 0 radical (unpaired) electrons. The highest BCUT2D eigenvalue weighted by Crippen LogP contribution is 2.16. The zero-order valence-electron chi connectivity index (χ0n) is 11.1. The van der Waals surface area contributed by atoms with Crippen LogP contribution < -0.4 is 0 Å². The molecule has 0 heterocycles. The second kappa shape index (κ2) is 5.87. The van der Waals surface area contributed by atoms with Crippen LogP contribution in [-0.2, 0) is 6.54 Å². The van der Waals surface area contributed by atoms with Gasteiger partial charge in [-0.2, -0.15) is 0 Å². The van der Waals surface area contributed by atoms with Crippen LogP contribution in [0.2, 0.25) is 0 Å². The molecule has 0 bridgehead atoms. The lowest BCUT2D eigenvalue weighted by Gasteiger charge is -2.17. The molecule has 2 rings (SSSR count). The summed E-state index contributed by atoms with van der Waals surface area (Å²) in [6.07, 6.45) is 0. The summed E-state index contributed by atoms with van der Waals surface area (Å²) in [6.45, 7) is 0.180. The molecule has 0 fully saturated rings. The topological polar surface area (TPSA) is 40.5 Å². The number of phenolic OH excluding ortho intramolecular Hbond substituents is 1. The van der Waals surface area contributed by atoms with Crippen LogP contribution in [0.5, 0.6) is 5.75 Å². The molecule has 0 aliphatic heterocycles. The molecule has 6 heteroatoms. The fraction of sp³-hybridized carbons (Fsp3) is 0.133. The van der Waals surface area contributed by atoms with Crippen LogP contribution in [0.25, 0.3) is 0 Å². The number of nitrogens with zero attached hydrogens (tertiary/aromatic N) is 1. The third-order valence-corrected chi connectivity index (χ3v) is 2.93. The highest BCUT2D eigenvalue weighted by molar-refractivity contribution is 5.94. The highest BCUT2D eigenvalue weighted by atomic mass is 19.2. The van der Waals surface area contributed by atoms with Crippen LogP contribution >= 0.6 is 0 Å².